The summed E-state index contributed by atoms with van der Waals surface area (Å²) in [5.74, 6) is 0. The van der Waals surface area contributed by atoms with Crippen LogP contribution in [0.5, 0.6) is 0 Å². The van der Waals surface area contributed by atoms with Crippen LogP contribution in [-0.4, -0.2) is 34.9 Å². The van der Waals surface area contributed by atoms with Crippen LogP contribution in [0.2, 0.25) is 0 Å². The molecule has 7 nitrogen and oxygen atoms in total. The van der Waals surface area contributed by atoms with Crippen molar-refractivity contribution < 1.29 is 0 Å². The fourth-order valence-electron chi connectivity index (χ4n) is 13.5. The van der Waals surface area contributed by atoms with E-state index in [0.717, 1.165) is 155 Å². The van der Waals surface area contributed by atoms with Gasteiger partial charge in [-0.3, -0.25) is 4.98 Å². The van der Waals surface area contributed by atoms with Crippen LogP contribution in [0, 0.1) is 0 Å². The Hall–Kier alpha value is -12.7. The zero-order valence-electron chi connectivity index (χ0n) is 50.7. The van der Waals surface area contributed by atoms with Gasteiger partial charge in [-0.1, -0.05) is 237 Å². The first-order chi connectivity index (χ1) is 46.5. The number of rotatable bonds is 7. The lowest BCUT2D eigenvalue weighted by Gasteiger charge is -2.12. The predicted octanol–water partition coefficient (Wildman–Crippen LogP) is 22.3. The maximum atomic E-state index is 5.21. The average Bonchev–Trinajstić information content (AvgIpc) is 0.796. The van der Waals surface area contributed by atoms with Crippen LogP contribution >= 0.6 is 0 Å². The van der Waals surface area contributed by atoms with Gasteiger partial charge < -0.3 is 0 Å². The summed E-state index contributed by atoms with van der Waals surface area (Å²) in [6.45, 7) is 0. The molecule has 0 bridgehead atoms. The molecule has 0 saturated heterocycles. The molecule has 0 unspecified atom stereocenters. The zero-order chi connectivity index (χ0) is 62.1. The summed E-state index contributed by atoms with van der Waals surface area (Å²) in [5, 5.41) is 14.9. The van der Waals surface area contributed by atoms with Gasteiger partial charge in [0.2, 0.25) is 0 Å². The van der Waals surface area contributed by atoms with E-state index >= 15 is 0 Å². The maximum absolute atomic E-state index is 5.21. The normalized spacial score (nSPS) is 11.6. The number of hydrogen-bond acceptors (Lipinski definition) is 7. The van der Waals surface area contributed by atoms with E-state index in [4.69, 9.17) is 29.9 Å². The smallest absolute Gasteiger partial charge is 0.0973 e. The van der Waals surface area contributed by atoms with Crippen molar-refractivity contribution >= 4 is 109 Å². The minimum atomic E-state index is 0.816. The van der Waals surface area contributed by atoms with Gasteiger partial charge in [-0.15, -0.1) is 0 Å². The molecule has 19 rings (SSSR count). The van der Waals surface area contributed by atoms with Crippen LogP contribution < -0.4 is 0 Å². The summed E-state index contributed by atoms with van der Waals surface area (Å²) < 4.78 is 0. The molecule has 0 amide bonds. The molecule has 0 saturated carbocycles. The molecule has 7 heteroatoms. The molecule has 0 spiro atoms. The summed E-state index contributed by atoms with van der Waals surface area (Å²) in [6, 6.07) is 111. The minimum absolute atomic E-state index is 0.816. The van der Waals surface area contributed by atoms with E-state index in [0.29, 0.717) is 0 Å². The van der Waals surface area contributed by atoms with Crippen LogP contribution in [0.4, 0.5) is 0 Å². The number of hydrogen-bond donors (Lipinski definition) is 0. The van der Waals surface area contributed by atoms with Crippen molar-refractivity contribution in [2.45, 2.75) is 0 Å². The summed E-state index contributed by atoms with van der Waals surface area (Å²) in [4.78, 5) is 35.4. The van der Waals surface area contributed by atoms with E-state index in [9.17, 15) is 0 Å². The van der Waals surface area contributed by atoms with Crippen molar-refractivity contribution in [2.24, 2.45) is 0 Å². The van der Waals surface area contributed by atoms with Gasteiger partial charge in [-0.2, -0.15) is 0 Å². The molecule has 0 aliphatic rings. The lowest BCUT2D eigenvalue weighted by atomic mass is 9.93. The van der Waals surface area contributed by atoms with Gasteiger partial charge in [-0.25, -0.2) is 29.9 Å². The summed E-state index contributed by atoms with van der Waals surface area (Å²) in [7, 11) is 0. The van der Waals surface area contributed by atoms with Crippen molar-refractivity contribution in [1.82, 2.24) is 34.9 Å². The van der Waals surface area contributed by atoms with Crippen molar-refractivity contribution in [2.75, 3.05) is 0 Å². The van der Waals surface area contributed by atoms with Crippen molar-refractivity contribution in [3.05, 3.63) is 322 Å². The zero-order valence-corrected chi connectivity index (χ0v) is 50.7. The molecule has 0 fully saturated rings. The standard InChI is InChI=1S/C45H27N3.C42H26N4/c1-2-10-34-30(8-1)24-39(36-12-4-3-11-35(34)36)31-17-15-28-19-21-41(47-43(28)26-31)32-18-16-29-20-22-42(48-44(29)27-32)40-25-33-9-7-23-46-45(33)38-14-6-5-13-37(38)40;1-3-7-27(8-4-1)33-15-11-29-17-21-36(43-39(29)25-33)34-16-12-30-18-23-37(44-40(30)26-34)38-24-20-32-14-13-31-19-22-35(28-9-5-2-6-10-28)45-41(31)42(32)46-38/h1-27H;1-26H. The first kappa shape index (κ1) is 54.2. The highest BCUT2D eigenvalue weighted by molar-refractivity contribution is 6.15. The lowest BCUT2D eigenvalue weighted by Crippen LogP contribution is -1.93. The van der Waals surface area contributed by atoms with Crippen molar-refractivity contribution in [3.63, 3.8) is 0 Å². The lowest BCUT2D eigenvalue weighted by molar-refractivity contribution is 1.31. The van der Waals surface area contributed by atoms with Gasteiger partial charge in [0.05, 0.1) is 72.8 Å². The first-order valence-corrected chi connectivity index (χ1v) is 31.7. The molecule has 0 atom stereocenters. The Bertz CT molecular complexity index is 6050. The fourth-order valence-corrected chi connectivity index (χ4v) is 13.5. The third-order valence-corrected chi connectivity index (χ3v) is 18.3. The molecule has 19 aromatic rings. The third kappa shape index (κ3) is 9.84. The van der Waals surface area contributed by atoms with E-state index in [-0.39, 0.29) is 0 Å². The van der Waals surface area contributed by atoms with Gasteiger partial charge in [-0.05, 0) is 128 Å². The Morgan fingerprint density at radius 3 is 1.18 bits per heavy atom. The second-order valence-corrected chi connectivity index (χ2v) is 24.0. The minimum Gasteiger partial charge on any atom is -0.256 e. The number of fused-ring (bicyclic) bond motifs is 13. The summed E-state index contributed by atoms with van der Waals surface area (Å²) in [5.41, 5.74) is 20.9. The summed E-state index contributed by atoms with van der Waals surface area (Å²) >= 11 is 0. The maximum Gasteiger partial charge on any atom is 0.0973 e. The molecule has 94 heavy (non-hydrogen) atoms. The van der Waals surface area contributed by atoms with Gasteiger partial charge in [0.25, 0.3) is 0 Å². The molecule has 7 aromatic heterocycles. The molecule has 7 heterocycles. The van der Waals surface area contributed by atoms with E-state index in [2.05, 4.69) is 278 Å². The molecule has 0 radical (unpaired) electrons. The molecule has 0 N–H and O–H groups in total. The van der Waals surface area contributed by atoms with Crippen LogP contribution in [0.3, 0.4) is 0 Å². The number of pyridine rings is 7. The predicted molar refractivity (Wildman–Crippen MR) is 391 cm³/mol. The molecule has 436 valence electrons. The second-order valence-electron chi connectivity index (χ2n) is 24.0. The van der Waals surface area contributed by atoms with Gasteiger partial charge >= 0.3 is 0 Å². The van der Waals surface area contributed by atoms with E-state index in [1.807, 2.05) is 48.7 Å². The Labute approximate surface area is 540 Å². The van der Waals surface area contributed by atoms with Crippen LogP contribution in [0.25, 0.3) is 187 Å². The molecule has 0 aliphatic carbocycles. The van der Waals surface area contributed by atoms with Gasteiger partial charge in [0.15, 0.2) is 0 Å². The monoisotopic (exact) mass is 1200 g/mol. The quantitative estimate of drug-likeness (QED) is 0.147. The average molecular weight is 1200 g/mol. The Morgan fingerprint density at radius 1 is 0.170 bits per heavy atom. The topological polar surface area (TPSA) is 90.2 Å². The number of nitrogens with zero attached hydrogens (tertiary/aromatic N) is 7. The fraction of sp³-hybridized carbons (Fsp3) is 0. The van der Waals surface area contributed by atoms with Crippen molar-refractivity contribution in [3.8, 4) is 78.7 Å². The highest BCUT2D eigenvalue weighted by Gasteiger charge is 2.16. The Kier molecular flexibility index (Phi) is 13.1. The van der Waals surface area contributed by atoms with E-state index < -0.39 is 0 Å². The molecule has 0 aliphatic heterocycles. The summed E-state index contributed by atoms with van der Waals surface area (Å²) in [6.07, 6.45) is 1.86. The Balaban J connectivity index is 0.000000138. The van der Waals surface area contributed by atoms with Crippen LogP contribution in [-0.2, 0) is 0 Å². The highest BCUT2D eigenvalue weighted by atomic mass is 14.8. The van der Waals surface area contributed by atoms with Gasteiger partial charge in [0, 0.05) is 71.5 Å². The van der Waals surface area contributed by atoms with E-state index in [1.165, 1.54) is 32.7 Å². The Morgan fingerprint density at radius 2 is 0.553 bits per heavy atom. The highest BCUT2D eigenvalue weighted by Crippen LogP contribution is 2.39. The molecular weight excluding hydrogens is 1140 g/mol. The molecule has 12 aromatic carbocycles. The van der Waals surface area contributed by atoms with Gasteiger partial charge in [0.1, 0.15) is 0 Å². The van der Waals surface area contributed by atoms with E-state index in [1.54, 1.807) is 0 Å². The molecular formula is C87H53N7. The second kappa shape index (κ2) is 22.6. The van der Waals surface area contributed by atoms with Crippen molar-refractivity contribution in [1.29, 1.82) is 0 Å². The largest absolute Gasteiger partial charge is 0.256 e. The number of benzene rings is 12. The SMILES string of the molecule is c1ccc(-c2ccc3ccc(-c4ccc5ccc(-c6ccc7ccc8ccc(-c9ccccc9)nc8c7n6)nc5c4)nc3c2)cc1.c1ccc2c(c1)cc(-c1ccc3ccc(-c4ccc5ccc(-c6cc7cccnc7c7ccccc67)nc5c4)nc3c1)c1ccccc12. The first-order valence-electron chi connectivity index (χ1n) is 31.7. The van der Waals surface area contributed by atoms with Crippen LogP contribution in [0.1, 0.15) is 0 Å². The number of aromatic nitrogens is 7. The van der Waals surface area contributed by atoms with Crippen LogP contribution in [0.15, 0.2) is 322 Å². The third-order valence-electron chi connectivity index (χ3n) is 18.3.